The van der Waals surface area contributed by atoms with Crippen LogP contribution in [0.5, 0.6) is 0 Å². The number of aliphatic hydroxyl groups excluding tert-OH is 1. The Morgan fingerprint density at radius 1 is 1.15 bits per heavy atom. The van der Waals surface area contributed by atoms with Gasteiger partial charge in [-0.15, -0.1) is 0 Å². The number of halogens is 4. The molecule has 0 saturated heterocycles. The maximum Gasteiger partial charge on any atom is 0.418 e. The van der Waals surface area contributed by atoms with E-state index in [1.165, 1.54) is 12.1 Å². The van der Waals surface area contributed by atoms with Gasteiger partial charge in [0.1, 0.15) is 0 Å². The Kier molecular flexibility index (Phi) is 2.83. The summed E-state index contributed by atoms with van der Waals surface area (Å²) < 4.78 is 35.9. The first kappa shape index (κ1) is 10.3. The van der Waals surface area contributed by atoms with E-state index in [1.807, 2.05) is 0 Å². The van der Waals surface area contributed by atoms with E-state index in [2.05, 4.69) is 0 Å². The molecule has 0 saturated carbocycles. The molecular weight excluding hydrogens is 205 g/mol. The molecule has 0 aliphatic carbocycles. The Bertz CT molecular complexity index is 280. The van der Waals surface area contributed by atoms with Crippen LogP contribution in [0.1, 0.15) is 11.7 Å². The average Bonchev–Trinajstić information content (AvgIpc) is 2.03. The third-order valence-corrected chi connectivity index (χ3v) is 1.75. The highest BCUT2D eigenvalue weighted by molar-refractivity contribution is 6.30. The molecule has 1 N–H and O–H groups in total. The Hall–Kier alpha value is -0.740. The molecule has 1 rings (SSSR count). The highest BCUT2D eigenvalue weighted by Crippen LogP contribution is 2.32. The molecule has 0 unspecified atom stereocenters. The number of hydrogen-bond acceptors (Lipinski definition) is 1. The fourth-order valence-corrected chi connectivity index (χ4v) is 0.960. The lowest BCUT2D eigenvalue weighted by Gasteiger charge is -2.14. The van der Waals surface area contributed by atoms with Crippen LogP contribution in [0.25, 0.3) is 0 Å². The van der Waals surface area contributed by atoms with Crippen molar-refractivity contribution < 1.29 is 18.3 Å². The predicted molar refractivity (Wildman–Crippen MR) is 42.5 cm³/mol. The second-order valence-electron chi connectivity index (χ2n) is 2.50. The summed E-state index contributed by atoms with van der Waals surface area (Å²) in [5.41, 5.74) is -0.211. The van der Waals surface area contributed by atoms with Crippen LogP contribution in [0.4, 0.5) is 13.2 Å². The Morgan fingerprint density at radius 2 is 1.62 bits per heavy atom. The standard InChI is InChI=1S/C8H6ClF3O/c9-6-3-1-5(2-4-6)7(13)8(10,11)12/h1-4,7,13H/t7-/m1/s1. The highest BCUT2D eigenvalue weighted by Gasteiger charge is 2.39. The van der Waals surface area contributed by atoms with Gasteiger partial charge in [0.05, 0.1) is 0 Å². The zero-order valence-electron chi connectivity index (χ0n) is 6.35. The van der Waals surface area contributed by atoms with E-state index in [4.69, 9.17) is 16.7 Å². The van der Waals surface area contributed by atoms with Crippen LogP contribution in [0.2, 0.25) is 5.02 Å². The molecule has 13 heavy (non-hydrogen) atoms. The summed E-state index contributed by atoms with van der Waals surface area (Å²) in [6.45, 7) is 0. The molecule has 0 spiro atoms. The number of alkyl halides is 3. The second kappa shape index (κ2) is 3.55. The lowest BCUT2D eigenvalue weighted by Crippen LogP contribution is -2.19. The van der Waals surface area contributed by atoms with Crippen molar-refractivity contribution in [3.8, 4) is 0 Å². The van der Waals surface area contributed by atoms with Gasteiger partial charge in [-0.25, -0.2) is 0 Å². The van der Waals surface area contributed by atoms with Crippen molar-refractivity contribution in [3.05, 3.63) is 34.9 Å². The summed E-state index contributed by atoms with van der Waals surface area (Å²) in [6, 6.07) is 4.87. The van der Waals surface area contributed by atoms with Gasteiger partial charge in [0.15, 0.2) is 6.10 Å². The SMILES string of the molecule is O[C@H](c1ccc(Cl)cc1)C(F)(F)F. The molecule has 1 atom stereocenters. The van der Waals surface area contributed by atoms with Crippen molar-refractivity contribution in [1.82, 2.24) is 0 Å². The molecule has 1 aromatic rings. The molecule has 0 heterocycles. The number of benzene rings is 1. The predicted octanol–water partition coefficient (Wildman–Crippen LogP) is 2.94. The van der Waals surface area contributed by atoms with Crippen molar-refractivity contribution in [2.45, 2.75) is 12.3 Å². The number of rotatable bonds is 1. The van der Waals surface area contributed by atoms with Gasteiger partial charge in [0.2, 0.25) is 0 Å². The van der Waals surface area contributed by atoms with Crippen LogP contribution in [0.3, 0.4) is 0 Å². The maximum absolute atomic E-state index is 12.0. The largest absolute Gasteiger partial charge is 0.418 e. The topological polar surface area (TPSA) is 20.2 Å². The van der Waals surface area contributed by atoms with Crippen molar-refractivity contribution in [2.24, 2.45) is 0 Å². The van der Waals surface area contributed by atoms with Gasteiger partial charge in [0, 0.05) is 5.02 Å². The quantitative estimate of drug-likeness (QED) is 0.756. The minimum atomic E-state index is -4.63. The minimum Gasteiger partial charge on any atom is -0.379 e. The molecule has 0 bridgehead atoms. The Balaban J connectivity index is 2.90. The van der Waals surface area contributed by atoms with Crippen LogP contribution in [-0.4, -0.2) is 11.3 Å². The lowest BCUT2D eigenvalue weighted by atomic mass is 10.1. The maximum atomic E-state index is 12.0. The van der Waals surface area contributed by atoms with Gasteiger partial charge >= 0.3 is 6.18 Å². The second-order valence-corrected chi connectivity index (χ2v) is 2.93. The zero-order valence-corrected chi connectivity index (χ0v) is 7.10. The minimum absolute atomic E-state index is 0.211. The van der Waals surface area contributed by atoms with Gasteiger partial charge in [-0.2, -0.15) is 13.2 Å². The van der Waals surface area contributed by atoms with Crippen LogP contribution in [-0.2, 0) is 0 Å². The van der Waals surface area contributed by atoms with Gasteiger partial charge in [-0.05, 0) is 17.7 Å². The van der Waals surface area contributed by atoms with Crippen molar-refractivity contribution in [3.63, 3.8) is 0 Å². The monoisotopic (exact) mass is 210 g/mol. The van der Waals surface area contributed by atoms with Gasteiger partial charge in [-0.3, -0.25) is 0 Å². The van der Waals surface area contributed by atoms with Gasteiger partial charge in [-0.1, -0.05) is 23.7 Å². The molecular formula is C8H6ClF3O. The lowest BCUT2D eigenvalue weighted by molar-refractivity contribution is -0.206. The summed E-state index contributed by atoms with van der Waals surface area (Å²) in [5, 5.41) is 9.11. The fraction of sp³-hybridized carbons (Fsp3) is 0.250. The van der Waals surface area contributed by atoms with Crippen molar-refractivity contribution in [2.75, 3.05) is 0 Å². The van der Waals surface area contributed by atoms with E-state index < -0.39 is 12.3 Å². The summed E-state index contributed by atoms with van der Waals surface area (Å²) in [5.74, 6) is 0. The van der Waals surface area contributed by atoms with Crippen LogP contribution in [0, 0.1) is 0 Å². The third-order valence-electron chi connectivity index (χ3n) is 1.50. The molecule has 0 aliphatic rings. The Morgan fingerprint density at radius 3 is 2.00 bits per heavy atom. The van der Waals surface area contributed by atoms with E-state index in [0.717, 1.165) is 12.1 Å². The highest BCUT2D eigenvalue weighted by atomic mass is 35.5. The van der Waals surface area contributed by atoms with E-state index in [9.17, 15) is 13.2 Å². The molecule has 1 nitrogen and oxygen atoms in total. The molecule has 0 fully saturated rings. The first-order chi connectivity index (χ1) is 5.91. The first-order valence-corrected chi connectivity index (χ1v) is 3.79. The van der Waals surface area contributed by atoms with Crippen molar-refractivity contribution >= 4 is 11.6 Å². The van der Waals surface area contributed by atoms with E-state index in [-0.39, 0.29) is 5.56 Å². The van der Waals surface area contributed by atoms with E-state index in [0.29, 0.717) is 5.02 Å². The molecule has 0 amide bonds. The smallest absolute Gasteiger partial charge is 0.379 e. The van der Waals surface area contributed by atoms with Gasteiger partial charge in [0.25, 0.3) is 0 Å². The molecule has 1 aromatic carbocycles. The average molecular weight is 211 g/mol. The Labute approximate surface area is 77.8 Å². The summed E-state index contributed by atoms with van der Waals surface area (Å²) in [6.07, 6.45) is -7.07. The summed E-state index contributed by atoms with van der Waals surface area (Å²) in [4.78, 5) is 0. The molecule has 72 valence electrons. The van der Waals surface area contributed by atoms with Gasteiger partial charge < -0.3 is 5.11 Å². The van der Waals surface area contributed by atoms with E-state index >= 15 is 0 Å². The molecule has 0 aromatic heterocycles. The van der Waals surface area contributed by atoms with E-state index in [1.54, 1.807) is 0 Å². The van der Waals surface area contributed by atoms with Crippen LogP contribution < -0.4 is 0 Å². The summed E-state index contributed by atoms with van der Waals surface area (Å²) >= 11 is 5.47. The third kappa shape index (κ3) is 2.60. The van der Waals surface area contributed by atoms with Crippen LogP contribution in [0.15, 0.2) is 24.3 Å². The van der Waals surface area contributed by atoms with Crippen LogP contribution >= 0.6 is 11.6 Å². The molecule has 5 heteroatoms. The van der Waals surface area contributed by atoms with Crippen molar-refractivity contribution in [1.29, 1.82) is 0 Å². The zero-order chi connectivity index (χ0) is 10.1. The summed E-state index contributed by atoms with van der Waals surface area (Å²) in [7, 11) is 0. The molecule has 0 aliphatic heterocycles. The normalized spacial score (nSPS) is 14.2. The number of aliphatic hydroxyl groups is 1. The first-order valence-electron chi connectivity index (χ1n) is 3.41. The molecule has 0 radical (unpaired) electrons. The number of hydrogen-bond donors (Lipinski definition) is 1. The fourth-order valence-electron chi connectivity index (χ4n) is 0.834.